The molecule has 2 aromatic carbocycles. The Morgan fingerprint density at radius 1 is 0.846 bits per heavy atom. The van der Waals surface area contributed by atoms with Crippen LogP contribution >= 0.6 is 22.9 Å². The van der Waals surface area contributed by atoms with Gasteiger partial charge in [-0.25, -0.2) is 0 Å². The summed E-state index contributed by atoms with van der Waals surface area (Å²) in [6.07, 6.45) is 11.0. The van der Waals surface area contributed by atoms with E-state index in [-0.39, 0.29) is 0 Å². The summed E-state index contributed by atoms with van der Waals surface area (Å²) in [6, 6.07) is 17.6. The van der Waals surface area contributed by atoms with Gasteiger partial charge in [-0.05, 0) is 54.0 Å². The molecule has 1 aromatic heterocycles. The van der Waals surface area contributed by atoms with E-state index in [2.05, 4.69) is 66.8 Å². The van der Waals surface area contributed by atoms with Crippen LogP contribution in [-0.2, 0) is 6.42 Å². The van der Waals surface area contributed by atoms with Crippen LogP contribution in [0.2, 0.25) is 0 Å². The van der Waals surface area contributed by atoms with E-state index >= 15 is 0 Å². The van der Waals surface area contributed by atoms with Crippen LogP contribution in [-0.4, -0.2) is 0 Å². The van der Waals surface area contributed by atoms with Gasteiger partial charge in [-0.15, -0.1) is 11.3 Å². The minimum Gasteiger partial charge on any atom is -0.140 e. The number of aryl methyl sites for hydroxylation is 1. The Balaban J connectivity index is 1.56. The Kier molecular flexibility index (Phi) is 4.07. The first kappa shape index (κ1) is 16.1. The second-order valence-electron chi connectivity index (χ2n) is 6.93. The molecule has 26 heavy (non-hydrogen) atoms. The fraction of sp³-hybridized carbons (Fsp3) is 0.167. The first-order valence-corrected chi connectivity index (χ1v) is 10.4. The summed E-state index contributed by atoms with van der Waals surface area (Å²) in [6.45, 7) is 0. The number of rotatable bonds is 2. The average Bonchev–Trinajstić information content (AvgIpc) is 3.09. The maximum atomic E-state index is 6.92. The lowest BCUT2D eigenvalue weighted by molar-refractivity contribution is 1.03. The van der Waals surface area contributed by atoms with Crippen molar-refractivity contribution in [3.05, 3.63) is 88.3 Å². The normalized spacial score (nSPS) is 16.7. The van der Waals surface area contributed by atoms with Gasteiger partial charge in [-0.2, -0.15) is 0 Å². The molecule has 1 heterocycles. The SMILES string of the molecule is ClC1=C(c2ccc(C3=CC=CCC3)cc2)CCc2sc3ccccc3c21. The Labute approximate surface area is 163 Å². The molecular formula is C24H19ClS. The average molecular weight is 375 g/mol. The van der Waals surface area contributed by atoms with E-state index in [0.29, 0.717) is 0 Å². The quantitative estimate of drug-likeness (QED) is 0.431. The number of thiophene rings is 1. The summed E-state index contributed by atoms with van der Waals surface area (Å²) < 4.78 is 1.34. The zero-order valence-electron chi connectivity index (χ0n) is 14.5. The van der Waals surface area contributed by atoms with Gasteiger partial charge in [0.25, 0.3) is 0 Å². The molecule has 0 atom stereocenters. The van der Waals surface area contributed by atoms with Gasteiger partial charge in [0.2, 0.25) is 0 Å². The summed E-state index contributed by atoms with van der Waals surface area (Å²) >= 11 is 8.81. The molecule has 0 amide bonds. The van der Waals surface area contributed by atoms with Crippen LogP contribution in [0.25, 0.3) is 26.3 Å². The molecule has 0 saturated heterocycles. The molecule has 128 valence electrons. The highest BCUT2D eigenvalue weighted by Crippen LogP contribution is 2.46. The first-order chi connectivity index (χ1) is 12.8. The zero-order chi connectivity index (χ0) is 17.5. The van der Waals surface area contributed by atoms with E-state index in [1.807, 2.05) is 11.3 Å². The van der Waals surface area contributed by atoms with Crippen LogP contribution in [0.5, 0.6) is 0 Å². The summed E-state index contributed by atoms with van der Waals surface area (Å²) in [5, 5.41) is 2.24. The van der Waals surface area contributed by atoms with Crippen molar-refractivity contribution in [1.82, 2.24) is 0 Å². The zero-order valence-corrected chi connectivity index (χ0v) is 16.0. The first-order valence-electron chi connectivity index (χ1n) is 9.17. The second-order valence-corrected chi connectivity index (χ2v) is 8.44. The lowest BCUT2D eigenvalue weighted by Gasteiger charge is -2.18. The van der Waals surface area contributed by atoms with Gasteiger partial charge in [0.05, 0.1) is 5.03 Å². The van der Waals surface area contributed by atoms with Crippen molar-refractivity contribution < 1.29 is 0 Å². The fourth-order valence-corrected chi connectivity index (χ4v) is 5.70. The summed E-state index contributed by atoms with van der Waals surface area (Å²) in [5.74, 6) is 0. The Morgan fingerprint density at radius 3 is 2.46 bits per heavy atom. The molecule has 2 heteroatoms. The fourth-order valence-electron chi connectivity index (χ4n) is 4.01. The third-order valence-electron chi connectivity index (χ3n) is 5.37. The van der Waals surface area contributed by atoms with Gasteiger partial charge >= 0.3 is 0 Å². The highest BCUT2D eigenvalue weighted by molar-refractivity contribution is 7.19. The predicted octanol–water partition coefficient (Wildman–Crippen LogP) is 7.69. The topological polar surface area (TPSA) is 0 Å². The van der Waals surface area contributed by atoms with Crippen molar-refractivity contribution >= 4 is 49.2 Å². The minimum atomic E-state index is 0.941. The molecule has 2 aliphatic rings. The van der Waals surface area contributed by atoms with Crippen molar-refractivity contribution in [2.24, 2.45) is 0 Å². The predicted molar refractivity (Wildman–Crippen MR) is 116 cm³/mol. The van der Waals surface area contributed by atoms with Gasteiger partial charge in [0, 0.05) is 20.5 Å². The molecule has 0 aliphatic heterocycles. The van der Waals surface area contributed by atoms with E-state index < -0.39 is 0 Å². The lowest BCUT2D eigenvalue weighted by atomic mass is 9.90. The number of benzene rings is 2. The number of hydrogen-bond donors (Lipinski definition) is 0. The molecule has 0 radical (unpaired) electrons. The standard InChI is InChI=1S/C24H19ClS/c25-24-19(14-15-22-23(24)20-8-4-5-9-21(20)26-22)18-12-10-17(11-13-18)16-6-2-1-3-7-16/h1-2,4-6,8-13H,3,7,14-15H2. The van der Waals surface area contributed by atoms with E-state index in [4.69, 9.17) is 11.6 Å². The summed E-state index contributed by atoms with van der Waals surface area (Å²) in [4.78, 5) is 1.43. The van der Waals surface area contributed by atoms with Crippen LogP contribution < -0.4 is 0 Å². The molecule has 0 spiro atoms. The van der Waals surface area contributed by atoms with Gasteiger partial charge in [0.15, 0.2) is 0 Å². The second kappa shape index (κ2) is 6.57. The molecule has 5 rings (SSSR count). The Morgan fingerprint density at radius 2 is 1.65 bits per heavy atom. The number of fused-ring (bicyclic) bond motifs is 3. The molecule has 0 fully saturated rings. The molecule has 0 N–H and O–H groups in total. The van der Waals surface area contributed by atoms with Crippen molar-refractivity contribution in [2.75, 3.05) is 0 Å². The monoisotopic (exact) mass is 374 g/mol. The number of allylic oxidation sites excluding steroid dienone is 5. The number of halogens is 1. The Hall–Kier alpha value is -2.09. The van der Waals surface area contributed by atoms with Crippen molar-refractivity contribution in [1.29, 1.82) is 0 Å². The lowest BCUT2D eigenvalue weighted by Crippen LogP contribution is -1.99. The maximum absolute atomic E-state index is 6.92. The molecule has 0 nitrogen and oxygen atoms in total. The van der Waals surface area contributed by atoms with Crippen LogP contribution in [0, 0.1) is 0 Å². The van der Waals surface area contributed by atoms with Gasteiger partial charge < -0.3 is 0 Å². The maximum Gasteiger partial charge on any atom is 0.0533 e. The summed E-state index contributed by atoms with van der Waals surface area (Å²) in [5.41, 5.74) is 6.55. The highest BCUT2D eigenvalue weighted by atomic mass is 35.5. The van der Waals surface area contributed by atoms with E-state index in [1.165, 1.54) is 42.8 Å². The van der Waals surface area contributed by atoms with E-state index in [9.17, 15) is 0 Å². The van der Waals surface area contributed by atoms with E-state index in [0.717, 1.165) is 30.7 Å². The highest BCUT2D eigenvalue weighted by Gasteiger charge is 2.23. The minimum absolute atomic E-state index is 0.941. The molecule has 0 saturated carbocycles. The van der Waals surface area contributed by atoms with Crippen LogP contribution in [0.3, 0.4) is 0 Å². The third kappa shape index (κ3) is 2.67. The van der Waals surface area contributed by atoms with Gasteiger partial charge in [0.1, 0.15) is 0 Å². The number of hydrogen-bond acceptors (Lipinski definition) is 1. The summed E-state index contributed by atoms with van der Waals surface area (Å²) in [7, 11) is 0. The van der Waals surface area contributed by atoms with Crippen molar-refractivity contribution in [3.8, 4) is 0 Å². The van der Waals surface area contributed by atoms with Crippen molar-refractivity contribution in [3.63, 3.8) is 0 Å². The van der Waals surface area contributed by atoms with Crippen LogP contribution in [0.4, 0.5) is 0 Å². The molecule has 0 unspecified atom stereocenters. The van der Waals surface area contributed by atoms with Crippen LogP contribution in [0.1, 0.15) is 40.8 Å². The molecule has 0 bridgehead atoms. The van der Waals surface area contributed by atoms with Gasteiger partial charge in [-0.3, -0.25) is 0 Å². The van der Waals surface area contributed by atoms with Crippen LogP contribution in [0.15, 0.2) is 66.8 Å². The molecule has 2 aliphatic carbocycles. The van der Waals surface area contributed by atoms with Gasteiger partial charge in [-0.1, -0.05) is 72.3 Å². The molecular weight excluding hydrogens is 356 g/mol. The largest absolute Gasteiger partial charge is 0.140 e. The molecule has 3 aromatic rings. The van der Waals surface area contributed by atoms with E-state index in [1.54, 1.807) is 0 Å². The van der Waals surface area contributed by atoms with Crippen molar-refractivity contribution in [2.45, 2.75) is 25.7 Å². The smallest absolute Gasteiger partial charge is 0.0533 e. The third-order valence-corrected chi connectivity index (χ3v) is 7.02. The Bertz CT molecular complexity index is 1080.